The van der Waals surface area contributed by atoms with Gasteiger partial charge in [-0.3, -0.25) is 4.90 Å². The standard InChI is InChI=1S/C20H22N2O/c1-14-7-8-19-16(9-14)10-17(21(19)2)12-22-11-15-5-3-4-6-18(15)20(23)13-22/h3-10,20,23H,11-13H2,1-2H3. The summed E-state index contributed by atoms with van der Waals surface area (Å²) in [7, 11) is 2.13. The van der Waals surface area contributed by atoms with E-state index in [-0.39, 0.29) is 0 Å². The molecule has 4 rings (SSSR count). The van der Waals surface area contributed by atoms with Gasteiger partial charge in [-0.1, -0.05) is 35.9 Å². The van der Waals surface area contributed by atoms with E-state index in [4.69, 9.17) is 0 Å². The Morgan fingerprint density at radius 1 is 1.13 bits per heavy atom. The molecule has 1 atom stereocenters. The van der Waals surface area contributed by atoms with Gasteiger partial charge in [0.2, 0.25) is 0 Å². The average Bonchev–Trinajstić information content (AvgIpc) is 2.83. The van der Waals surface area contributed by atoms with E-state index in [0.29, 0.717) is 6.54 Å². The highest BCUT2D eigenvalue weighted by Gasteiger charge is 2.23. The van der Waals surface area contributed by atoms with Crippen LogP contribution in [-0.4, -0.2) is 21.1 Å². The molecule has 0 fully saturated rings. The molecule has 3 nitrogen and oxygen atoms in total. The number of nitrogens with zero attached hydrogens (tertiary/aromatic N) is 2. The monoisotopic (exact) mass is 306 g/mol. The molecule has 1 aromatic heterocycles. The third-order valence-electron chi connectivity index (χ3n) is 4.92. The van der Waals surface area contributed by atoms with Crippen LogP contribution in [0.5, 0.6) is 0 Å². The second-order valence-electron chi connectivity index (χ2n) is 6.64. The molecular formula is C20H22N2O. The van der Waals surface area contributed by atoms with Crippen LogP contribution in [0.15, 0.2) is 48.5 Å². The molecule has 2 heterocycles. The molecule has 0 amide bonds. The predicted molar refractivity (Wildman–Crippen MR) is 93.2 cm³/mol. The van der Waals surface area contributed by atoms with E-state index >= 15 is 0 Å². The highest BCUT2D eigenvalue weighted by Crippen LogP contribution is 2.28. The van der Waals surface area contributed by atoms with E-state index in [1.54, 1.807) is 0 Å². The number of benzene rings is 2. The number of fused-ring (bicyclic) bond motifs is 2. The van der Waals surface area contributed by atoms with E-state index < -0.39 is 6.10 Å². The zero-order valence-electron chi connectivity index (χ0n) is 13.7. The summed E-state index contributed by atoms with van der Waals surface area (Å²) in [6.45, 7) is 4.57. The first-order chi connectivity index (χ1) is 11.1. The Hall–Kier alpha value is -2.10. The number of aromatic nitrogens is 1. The molecule has 0 saturated heterocycles. The summed E-state index contributed by atoms with van der Waals surface area (Å²) >= 11 is 0. The van der Waals surface area contributed by atoms with Crippen molar-refractivity contribution in [2.75, 3.05) is 6.54 Å². The molecule has 0 spiro atoms. The molecule has 1 unspecified atom stereocenters. The van der Waals surface area contributed by atoms with Crippen molar-refractivity contribution in [1.29, 1.82) is 0 Å². The first-order valence-corrected chi connectivity index (χ1v) is 8.15. The van der Waals surface area contributed by atoms with Gasteiger partial charge in [-0.25, -0.2) is 0 Å². The van der Waals surface area contributed by atoms with Crippen molar-refractivity contribution in [3.8, 4) is 0 Å². The first kappa shape index (κ1) is 14.5. The Bertz CT molecular complexity index is 865. The van der Waals surface area contributed by atoms with E-state index in [9.17, 15) is 5.11 Å². The van der Waals surface area contributed by atoms with Crippen molar-refractivity contribution >= 4 is 10.9 Å². The van der Waals surface area contributed by atoms with Crippen molar-refractivity contribution in [3.63, 3.8) is 0 Å². The maximum atomic E-state index is 10.4. The first-order valence-electron chi connectivity index (χ1n) is 8.15. The van der Waals surface area contributed by atoms with E-state index in [2.05, 4.69) is 59.8 Å². The molecule has 0 aliphatic carbocycles. The van der Waals surface area contributed by atoms with E-state index in [0.717, 1.165) is 18.7 Å². The van der Waals surface area contributed by atoms with E-state index in [1.807, 2.05) is 12.1 Å². The van der Waals surface area contributed by atoms with Crippen LogP contribution in [-0.2, 0) is 20.1 Å². The minimum absolute atomic E-state index is 0.392. The van der Waals surface area contributed by atoms with Gasteiger partial charge in [0.1, 0.15) is 0 Å². The Balaban J connectivity index is 1.63. The number of aryl methyl sites for hydroxylation is 2. The molecule has 118 valence electrons. The summed E-state index contributed by atoms with van der Waals surface area (Å²) in [6, 6.07) is 17.1. The quantitative estimate of drug-likeness (QED) is 0.784. The van der Waals surface area contributed by atoms with Crippen LogP contribution >= 0.6 is 0 Å². The SMILES string of the molecule is Cc1ccc2c(c1)cc(CN1Cc3ccccc3C(O)C1)n2C. The Morgan fingerprint density at radius 2 is 1.96 bits per heavy atom. The predicted octanol–water partition coefficient (Wildman–Crippen LogP) is 3.54. The lowest BCUT2D eigenvalue weighted by Gasteiger charge is -2.32. The fraction of sp³-hybridized carbons (Fsp3) is 0.300. The third kappa shape index (κ3) is 2.56. The van der Waals surface area contributed by atoms with E-state index in [1.165, 1.54) is 27.7 Å². The summed E-state index contributed by atoms with van der Waals surface area (Å²) in [5.41, 5.74) is 6.16. The largest absolute Gasteiger partial charge is 0.387 e. The highest BCUT2D eigenvalue weighted by molar-refractivity contribution is 5.82. The molecule has 1 N–H and O–H groups in total. The lowest BCUT2D eigenvalue weighted by atomic mass is 9.97. The zero-order valence-corrected chi connectivity index (χ0v) is 13.7. The number of aliphatic hydroxyl groups excluding tert-OH is 1. The van der Waals surface area contributed by atoms with Gasteiger partial charge in [0.05, 0.1) is 6.10 Å². The summed E-state index contributed by atoms with van der Waals surface area (Å²) in [6.07, 6.45) is -0.392. The van der Waals surface area contributed by atoms with Gasteiger partial charge < -0.3 is 9.67 Å². The molecule has 23 heavy (non-hydrogen) atoms. The summed E-state index contributed by atoms with van der Waals surface area (Å²) < 4.78 is 2.27. The second-order valence-corrected chi connectivity index (χ2v) is 6.64. The second kappa shape index (κ2) is 5.52. The van der Waals surface area contributed by atoms with Gasteiger partial charge in [0.25, 0.3) is 0 Å². The van der Waals surface area contributed by atoms with Crippen molar-refractivity contribution in [1.82, 2.24) is 9.47 Å². The van der Waals surface area contributed by atoms with Crippen LogP contribution < -0.4 is 0 Å². The van der Waals surface area contributed by atoms with Crippen LogP contribution in [0.25, 0.3) is 10.9 Å². The number of rotatable bonds is 2. The van der Waals surface area contributed by atoms with Crippen LogP contribution in [0, 0.1) is 6.92 Å². The molecule has 0 bridgehead atoms. The van der Waals surface area contributed by atoms with Crippen LogP contribution in [0.1, 0.15) is 28.5 Å². The summed E-state index contributed by atoms with van der Waals surface area (Å²) in [4.78, 5) is 2.33. The number of β-amino-alcohol motifs (C(OH)–C–C–N with tert-alkyl or cyclic N) is 1. The molecule has 2 aromatic carbocycles. The molecule has 0 radical (unpaired) electrons. The molecular weight excluding hydrogens is 284 g/mol. The minimum Gasteiger partial charge on any atom is -0.387 e. The zero-order chi connectivity index (χ0) is 16.0. The average molecular weight is 306 g/mol. The topological polar surface area (TPSA) is 28.4 Å². The molecule has 3 aromatic rings. The Morgan fingerprint density at radius 3 is 2.83 bits per heavy atom. The molecule has 1 aliphatic heterocycles. The minimum atomic E-state index is -0.392. The number of hydrogen-bond donors (Lipinski definition) is 1. The van der Waals surface area contributed by atoms with Gasteiger partial charge in [-0.15, -0.1) is 0 Å². The fourth-order valence-electron chi connectivity index (χ4n) is 3.68. The normalized spacial score (nSPS) is 18.3. The van der Waals surface area contributed by atoms with Crippen molar-refractivity contribution in [2.24, 2.45) is 7.05 Å². The van der Waals surface area contributed by atoms with Gasteiger partial charge in [-0.05, 0) is 36.2 Å². The third-order valence-corrected chi connectivity index (χ3v) is 4.92. The van der Waals surface area contributed by atoms with Crippen LogP contribution in [0.2, 0.25) is 0 Å². The van der Waals surface area contributed by atoms with Crippen molar-refractivity contribution in [2.45, 2.75) is 26.1 Å². The smallest absolute Gasteiger partial charge is 0.0920 e. The Kier molecular flexibility index (Phi) is 3.47. The number of aliphatic hydroxyl groups is 1. The molecule has 3 heteroatoms. The van der Waals surface area contributed by atoms with Crippen molar-refractivity contribution in [3.05, 3.63) is 70.9 Å². The van der Waals surface area contributed by atoms with Gasteiger partial charge in [0, 0.05) is 43.3 Å². The van der Waals surface area contributed by atoms with Gasteiger partial charge in [0.15, 0.2) is 0 Å². The van der Waals surface area contributed by atoms with Crippen molar-refractivity contribution < 1.29 is 5.11 Å². The molecule has 1 aliphatic rings. The molecule has 0 saturated carbocycles. The van der Waals surface area contributed by atoms with Gasteiger partial charge >= 0.3 is 0 Å². The maximum Gasteiger partial charge on any atom is 0.0920 e. The summed E-state index contributed by atoms with van der Waals surface area (Å²) in [5, 5.41) is 11.7. The fourth-order valence-corrected chi connectivity index (χ4v) is 3.68. The highest BCUT2D eigenvalue weighted by atomic mass is 16.3. The lowest BCUT2D eigenvalue weighted by Crippen LogP contribution is -2.33. The summed E-state index contributed by atoms with van der Waals surface area (Å²) in [5.74, 6) is 0. The number of hydrogen-bond acceptors (Lipinski definition) is 2. The Labute approximate surface area is 136 Å². The lowest BCUT2D eigenvalue weighted by molar-refractivity contribution is 0.0870. The van der Waals surface area contributed by atoms with Crippen LogP contribution in [0.4, 0.5) is 0 Å². The van der Waals surface area contributed by atoms with Crippen LogP contribution in [0.3, 0.4) is 0 Å². The van der Waals surface area contributed by atoms with Gasteiger partial charge in [-0.2, -0.15) is 0 Å². The maximum absolute atomic E-state index is 10.4.